The molecule has 1 amide bonds. The molecule has 1 aromatic carbocycles. The lowest BCUT2D eigenvalue weighted by Gasteiger charge is -2.10. The average molecular weight is 221 g/mol. The Morgan fingerprint density at radius 1 is 1.31 bits per heavy atom. The zero-order valence-corrected chi connectivity index (χ0v) is 10.6. The largest absolute Gasteiger partial charge is 0.346 e. The molecule has 2 N–H and O–H groups in total. The molecule has 0 aliphatic heterocycles. The van der Waals surface area contributed by atoms with Crippen LogP contribution in [0.3, 0.4) is 0 Å². The SMILES string of the molecule is Cc1ccc(C)c(C(=O)NCC[NH+](C)C)c1. The Kier molecular flexibility index (Phi) is 4.50. The number of nitrogens with one attached hydrogen (secondary N) is 2. The Morgan fingerprint density at radius 2 is 2.00 bits per heavy atom. The first kappa shape index (κ1) is 12.7. The highest BCUT2D eigenvalue weighted by Gasteiger charge is 2.08. The predicted molar refractivity (Wildman–Crippen MR) is 65.9 cm³/mol. The molecular weight excluding hydrogens is 200 g/mol. The lowest BCUT2D eigenvalue weighted by molar-refractivity contribution is -0.856. The van der Waals surface area contributed by atoms with Gasteiger partial charge in [0.2, 0.25) is 0 Å². The number of likely N-dealkylation sites (N-methyl/N-ethyl adjacent to an activating group) is 1. The van der Waals surface area contributed by atoms with Gasteiger partial charge in [-0.2, -0.15) is 0 Å². The molecule has 16 heavy (non-hydrogen) atoms. The van der Waals surface area contributed by atoms with E-state index in [1.807, 2.05) is 32.0 Å². The number of hydrogen-bond acceptors (Lipinski definition) is 1. The first-order valence-electron chi connectivity index (χ1n) is 5.65. The van der Waals surface area contributed by atoms with E-state index in [1.54, 1.807) is 0 Å². The van der Waals surface area contributed by atoms with Crippen LogP contribution in [0.4, 0.5) is 0 Å². The summed E-state index contributed by atoms with van der Waals surface area (Å²) in [6.45, 7) is 5.62. The van der Waals surface area contributed by atoms with E-state index in [9.17, 15) is 4.79 Å². The fraction of sp³-hybridized carbons (Fsp3) is 0.462. The second-order valence-corrected chi connectivity index (χ2v) is 4.53. The highest BCUT2D eigenvalue weighted by atomic mass is 16.1. The summed E-state index contributed by atoms with van der Waals surface area (Å²) < 4.78 is 0. The maximum atomic E-state index is 11.9. The highest BCUT2D eigenvalue weighted by Crippen LogP contribution is 2.09. The van der Waals surface area contributed by atoms with Gasteiger partial charge in [-0.05, 0) is 25.5 Å². The summed E-state index contributed by atoms with van der Waals surface area (Å²) in [7, 11) is 4.15. The molecule has 0 aliphatic carbocycles. The van der Waals surface area contributed by atoms with Crippen molar-refractivity contribution in [3.05, 3.63) is 34.9 Å². The van der Waals surface area contributed by atoms with Gasteiger partial charge in [0.25, 0.3) is 5.91 Å². The van der Waals surface area contributed by atoms with Crippen LogP contribution in [0.25, 0.3) is 0 Å². The van der Waals surface area contributed by atoms with Gasteiger partial charge in [0, 0.05) is 5.56 Å². The highest BCUT2D eigenvalue weighted by molar-refractivity contribution is 5.95. The second-order valence-electron chi connectivity index (χ2n) is 4.53. The molecule has 0 aliphatic rings. The summed E-state index contributed by atoms with van der Waals surface area (Å²) in [4.78, 5) is 13.2. The number of hydrogen-bond donors (Lipinski definition) is 2. The summed E-state index contributed by atoms with van der Waals surface area (Å²) in [6.07, 6.45) is 0. The zero-order chi connectivity index (χ0) is 12.1. The van der Waals surface area contributed by atoms with Crippen LogP contribution in [-0.4, -0.2) is 33.1 Å². The molecule has 0 unspecified atom stereocenters. The van der Waals surface area contributed by atoms with Crippen molar-refractivity contribution in [2.75, 3.05) is 27.2 Å². The molecule has 0 saturated carbocycles. The van der Waals surface area contributed by atoms with Crippen LogP contribution in [0.5, 0.6) is 0 Å². The summed E-state index contributed by atoms with van der Waals surface area (Å²) in [5.41, 5.74) is 2.93. The summed E-state index contributed by atoms with van der Waals surface area (Å²) >= 11 is 0. The van der Waals surface area contributed by atoms with E-state index in [0.29, 0.717) is 6.54 Å². The molecule has 0 aromatic heterocycles. The van der Waals surface area contributed by atoms with Gasteiger partial charge in [-0.3, -0.25) is 4.79 Å². The fourth-order valence-corrected chi connectivity index (χ4v) is 1.50. The molecule has 88 valence electrons. The molecule has 0 saturated heterocycles. The predicted octanol–water partition coefficient (Wildman–Crippen LogP) is 0.178. The van der Waals surface area contributed by atoms with Gasteiger partial charge in [-0.1, -0.05) is 17.7 Å². The lowest BCUT2D eigenvalue weighted by atomic mass is 10.1. The normalized spacial score (nSPS) is 10.6. The fourth-order valence-electron chi connectivity index (χ4n) is 1.50. The molecule has 0 bridgehead atoms. The van der Waals surface area contributed by atoms with E-state index >= 15 is 0 Å². The quantitative estimate of drug-likeness (QED) is 0.747. The maximum absolute atomic E-state index is 11.9. The summed E-state index contributed by atoms with van der Waals surface area (Å²) in [6, 6.07) is 5.95. The minimum absolute atomic E-state index is 0.0300. The topological polar surface area (TPSA) is 33.5 Å². The minimum atomic E-state index is 0.0300. The van der Waals surface area contributed by atoms with E-state index in [1.165, 1.54) is 4.90 Å². The van der Waals surface area contributed by atoms with Gasteiger partial charge in [0.05, 0.1) is 27.2 Å². The molecule has 1 rings (SSSR count). The molecule has 1 aromatic rings. The van der Waals surface area contributed by atoms with E-state index in [2.05, 4.69) is 19.4 Å². The van der Waals surface area contributed by atoms with E-state index in [0.717, 1.165) is 23.2 Å². The van der Waals surface area contributed by atoms with Crippen molar-refractivity contribution in [1.29, 1.82) is 0 Å². The molecule has 0 atom stereocenters. The first-order valence-corrected chi connectivity index (χ1v) is 5.65. The number of rotatable bonds is 4. The molecule has 3 nitrogen and oxygen atoms in total. The standard InChI is InChI=1S/C13H20N2O/c1-10-5-6-11(2)12(9-10)13(16)14-7-8-15(3)4/h5-6,9H,7-8H2,1-4H3,(H,14,16)/p+1. The third kappa shape index (κ3) is 3.66. The van der Waals surface area contributed by atoms with Crippen LogP contribution < -0.4 is 10.2 Å². The van der Waals surface area contributed by atoms with E-state index in [-0.39, 0.29) is 5.91 Å². The van der Waals surface area contributed by atoms with E-state index < -0.39 is 0 Å². The first-order chi connectivity index (χ1) is 7.50. The number of carbonyl (C=O) groups excluding carboxylic acids is 1. The van der Waals surface area contributed by atoms with Gasteiger partial charge < -0.3 is 10.2 Å². The number of quaternary nitrogens is 1. The Balaban J connectivity index is 2.62. The number of aryl methyl sites for hydroxylation is 2. The smallest absolute Gasteiger partial charge is 0.251 e. The molecule has 0 heterocycles. The zero-order valence-electron chi connectivity index (χ0n) is 10.6. The van der Waals surface area contributed by atoms with Crippen molar-refractivity contribution in [3.8, 4) is 0 Å². The molecule has 3 heteroatoms. The van der Waals surface area contributed by atoms with Gasteiger partial charge in [0.15, 0.2) is 0 Å². The van der Waals surface area contributed by atoms with Crippen molar-refractivity contribution >= 4 is 5.91 Å². The molecule has 0 radical (unpaired) electrons. The Hall–Kier alpha value is -1.35. The third-order valence-corrected chi connectivity index (χ3v) is 2.55. The van der Waals surface area contributed by atoms with Crippen molar-refractivity contribution in [2.24, 2.45) is 0 Å². The lowest BCUT2D eigenvalue weighted by Crippen LogP contribution is -3.06. The van der Waals surface area contributed by atoms with Crippen molar-refractivity contribution in [3.63, 3.8) is 0 Å². The van der Waals surface area contributed by atoms with Crippen LogP contribution in [-0.2, 0) is 0 Å². The van der Waals surface area contributed by atoms with Crippen molar-refractivity contribution in [2.45, 2.75) is 13.8 Å². The second kappa shape index (κ2) is 5.66. The van der Waals surface area contributed by atoms with Gasteiger partial charge in [-0.15, -0.1) is 0 Å². The van der Waals surface area contributed by atoms with E-state index in [4.69, 9.17) is 0 Å². The Morgan fingerprint density at radius 3 is 2.62 bits per heavy atom. The monoisotopic (exact) mass is 221 g/mol. The van der Waals surface area contributed by atoms with Gasteiger partial charge >= 0.3 is 0 Å². The maximum Gasteiger partial charge on any atom is 0.251 e. The van der Waals surface area contributed by atoms with Crippen molar-refractivity contribution in [1.82, 2.24) is 5.32 Å². The summed E-state index contributed by atoms with van der Waals surface area (Å²) in [5, 5.41) is 2.94. The number of carbonyl (C=O) groups is 1. The molecule has 0 spiro atoms. The Bertz CT molecular complexity index is 372. The number of amides is 1. The summed E-state index contributed by atoms with van der Waals surface area (Å²) in [5.74, 6) is 0.0300. The number of benzene rings is 1. The third-order valence-electron chi connectivity index (χ3n) is 2.55. The van der Waals surface area contributed by atoms with Gasteiger partial charge in [0.1, 0.15) is 0 Å². The average Bonchev–Trinajstić information content (AvgIpc) is 2.21. The Labute approximate surface area is 97.5 Å². The molecular formula is C13H21N2O+. The van der Waals surface area contributed by atoms with Crippen LogP contribution in [0.15, 0.2) is 18.2 Å². The van der Waals surface area contributed by atoms with Crippen molar-refractivity contribution < 1.29 is 9.69 Å². The van der Waals surface area contributed by atoms with Gasteiger partial charge in [-0.25, -0.2) is 0 Å². The van der Waals surface area contributed by atoms with Crippen LogP contribution in [0.1, 0.15) is 21.5 Å². The molecule has 0 fully saturated rings. The van der Waals surface area contributed by atoms with Crippen LogP contribution in [0.2, 0.25) is 0 Å². The minimum Gasteiger partial charge on any atom is -0.346 e. The van der Waals surface area contributed by atoms with Crippen LogP contribution in [0, 0.1) is 13.8 Å². The van der Waals surface area contributed by atoms with Crippen LogP contribution >= 0.6 is 0 Å².